The summed E-state index contributed by atoms with van der Waals surface area (Å²) in [6, 6.07) is 6.50. The average molecular weight is 232 g/mol. The summed E-state index contributed by atoms with van der Waals surface area (Å²) in [5, 5.41) is 4.41. The number of anilines is 1. The van der Waals surface area contributed by atoms with Crippen molar-refractivity contribution >= 4 is 40.0 Å². The van der Waals surface area contributed by atoms with E-state index in [2.05, 4.69) is 10.3 Å². The highest BCUT2D eigenvalue weighted by atomic mass is 32.1. The number of thiazole rings is 1. The van der Waals surface area contributed by atoms with E-state index in [0.29, 0.717) is 6.04 Å². The second-order valence-electron chi connectivity index (χ2n) is 3.66. The number of aromatic nitrogens is 1. The fourth-order valence-corrected chi connectivity index (χ4v) is 2.40. The Balaban J connectivity index is 0.000000459. The fraction of sp³-hybridized carbons (Fsp3) is 0.417. The van der Waals surface area contributed by atoms with Crippen molar-refractivity contribution in [3.05, 3.63) is 18.2 Å². The van der Waals surface area contributed by atoms with Gasteiger partial charge in [0.25, 0.3) is 0 Å². The minimum absolute atomic E-state index is 0. The van der Waals surface area contributed by atoms with E-state index in [-0.39, 0.29) is 1.43 Å². The standard InChI is InChI=1S/C10H9BN2S.C2H6.H2/c11-6-1-4-8-9(5-6)14-10(13-8)12-7-2-3-7;1-2;/h1,4-5,7H,2-3H2,(H,12,13);1-2H3;1H. The van der Waals surface area contributed by atoms with E-state index in [9.17, 15) is 0 Å². The van der Waals surface area contributed by atoms with Gasteiger partial charge >= 0.3 is 0 Å². The molecule has 84 valence electrons. The molecule has 3 rings (SSSR count). The van der Waals surface area contributed by atoms with E-state index in [0.717, 1.165) is 20.8 Å². The third kappa shape index (κ3) is 2.56. The van der Waals surface area contributed by atoms with E-state index >= 15 is 0 Å². The third-order valence-electron chi connectivity index (χ3n) is 2.32. The van der Waals surface area contributed by atoms with Crippen LogP contribution in [-0.2, 0) is 0 Å². The van der Waals surface area contributed by atoms with Crippen molar-refractivity contribution in [3.8, 4) is 0 Å². The van der Waals surface area contributed by atoms with Crippen molar-refractivity contribution in [2.24, 2.45) is 0 Å². The normalized spacial score (nSPS) is 14.4. The maximum Gasteiger partial charge on any atom is 0.184 e. The maximum absolute atomic E-state index is 5.71. The Morgan fingerprint density at radius 1 is 1.44 bits per heavy atom. The van der Waals surface area contributed by atoms with Gasteiger partial charge in [-0.15, -0.1) is 0 Å². The smallest absolute Gasteiger partial charge is 0.184 e. The molecule has 1 aliphatic carbocycles. The Morgan fingerprint density at radius 3 is 2.88 bits per heavy atom. The first-order valence-electron chi connectivity index (χ1n) is 5.74. The molecule has 0 saturated heterocycles. The zero-order chi connectivity index (χ0) is 11.5. The summed E-state index contributed by atoms with van der Waals surface area (Å²) in [6.07, 6.45) is 2.55. The van der Waals surface area contributed by atoms with Crippen molar-refractivity contribution in [2.45, 2.75) is 32.7 Å². The lowest BCUT2D eigenvalue weighted by molar-refractivity contribution is 1.14. The van der Waals surface area contributed by atoms with Crippen molar-refractivity contribution in [3.63, 3.8) is 0 Å². The number of nitrogens with zero attached hydrogens (tertiary/aromatic N) is 1. The summed E-state index contributed by atoms with van der Waals surface area (Å²) in [5.41, 5.74) is 1.84. The zero-order valence-electron chi connectivity index (χ0n) is 9.66. The maximum atomic E-state index is 5.71. The van der Waals surface area contributed by atoms with E-state index in [1.165, 1.54) is 12.8 Å². The van der Waals surface area contributed by atoms with Crippen LogP contribution < -0.4 is 10.8 Å². The molecule has 1 N–H and O–H groups in total. The third-order valence-corrected chi connectivity index (χ3v) is 3.27. The molecule has 1 saturated carbocycles. The van der Waals surface area contributed by atoms with Gasteiger partial charge in [0.2, 0.25) is 0 Å². The predicted molar refractivity (Wildman–Crippen MR) is 75.1 cm³/mol. The second-order valence-corrected chi connectivity index (χ2v) is 4.70. The Kier molecular flexibility index (Phi) is 3.49. The molecule has 2 radical (unpaired) electrons. The molecule has 0 amide bonds. The molecule has 0 aliphatic heterocycles. The van der Waals surface area contributed by atoms with Gasteiger partial charge < -0.3 is 5.32 Å². The van der Waals surface area contributed by atoms with Gasteiger partial charge in [0.05, 0.1) is 10.2 Å². The molecule has 1 aromatic carbocycles. The summed E-state index contributed by atoms with van der Waals surface area (Å²) in [4.78, 5) is 4.49. The molecule has 1 heterocycles. The van der Waals surface area contributed by atoms with Crippen LogP contribution >= 0.6 is 11.3 Å². The number of fused-ring (bicyclic) bond motifs is 1. The lowest BCUT2D eigenvalue weighted by Gasteiger charge is -1.94. The number of benzene rings is 1. The molecule has 1 fully saturated rings. The fourth-order valence-electron chi connectivity index (χ4n) is 1.41. The summed E-state index contributed by atoms with van der Waals surface area (Å²) >= 11 is 1.68. The van der Waals surface area contributed by atoms with Crippen LogP contribution in [0.25, 0.3) is 10.2 Å². The molecule has 2 aromatic rings. The summed E-state index contributed by atoms with van der Waals surface area (Å²) in [6.45, 7) is 4.00. The molecule has 0 bridgehead atoms. The first-order chi connectivity index (χ1) is 7.81. The van der Waals surface area contributed by atoms with Gasteiger partial charge in [0, 0.05) is 7.47 Å². The minimum atomic E-state index is 0. The highest BCUT2D eigenvalue weighted by Gasteiger charge is 2.22. The molecular formula is C12H17BN2S. The molecule has 1 aromatic heterocycles. The highest BCUT2D eigenvalue weighted by Crippen LogP contribution is 2.30. The van der Waals surface area contributed by atoms with Gasteiger partial charge in [-0.2, -0.15) is 0 Å². The first kappa shape index (κ1) is 11.5. The first-order valence-corrected chi connectivity index (χ1v) is 6.55. The largest absolute Gasteiger partial charge is 0.359 e. The van der Waals surface area contributed by atoms with Crippen molar-refractivity contribution in [1.82, 2.24) is 4.98 Å². The Hall–Kier alpha value is -1.03. The van der Waals surface area contributed by atoms with Gasteiger partial charge in [-0.3, -0.25) is 0 Å². The second kappa shape index (κ2) is 4.87. The van der Waals surface area contributed by atoms with E-state index < -0.39 is 0 Å². The minimum Gasteiger partial charge on any atom is -0.359 e. The highest BCUT2D eigenvalue weighted by molar-refractivity contribution is 7.22. The van der Waals surface area contributed by atoms with Gasteiger partial charge in [-0.1, -0.05) is 36.7 Å². The molecule has 0 unspecified atom stereocenters. The van der Waals surface area contributed by atoms with Crippen molar-refractivity contribution in [1.29, 1.82) is 0 Å². The van der Waals surface area contributed by atoms with Crippen LogP contribution in [-0.4, -0.2) is 18.9 Å². The van der Waals surface area contributed by atoms with Gasteiger partial charge in [-0.25, -0.2) is 4.98 Å². The van der Waals surface area contributed by atoms with Gasteiger partial charge in [-0.05, 0) is 25.0 Å². The Bertz CT molecular complexity index is 482. The van der Waals surface area contributed by atoms with E-state index in [1.807, 2.05) is 32.0 Å². The van der Waals surface area contributed by atoms with Crippen LogP contribution in [0.1, 0.15) is 28.1 Å². The number of hydrogen-bond donors (Lipinski definition) is 1. The summed E-state index contributed by atoms with van der Waals surface area (Å²) in [5.74, 6) is 0. The Morgan fingerprint density at radius 2 is 2.19 bits per heavy atom. The molecule has 0 spiro atoms. The van der Waals surface area contributed by atoms with Crippen molar-refractivity contribution in [2.75, 3.05) is 5.32 Å². The molecule has 1 aliphatic rings. The average Bonchev–Trinajstić information content (AvgIpc) is 3.00. The predicted octanol–water partition coefficient (Wildman–Crippen LogP) is 2.94. The topological polar surface area (TPSA) is 24.9 Å². The summed E-state index contributed by atoms with van der Waals surface area (Å²) < 4.78 is 1.16. The molecule has 4 heteroatoms. The van der Waals surface area contributed by atoms with Crippen LogP contribution in [0.4, 0.5) is 5.13 Å². The van der Waals surface area contributed by atoms with E-state index in [4.69, 9.17) is 7.85 Å². The number of nitrogens with one attached hydrogen (secondary N) is 1. The van der Waals surface area contributed by atoms with Gasteiger partial charge in [0.1, 0.15) is 7.85 Å². The van der Waals surface area contributed by atoms with Crippen LogP contribution in [0, 0.1) is 0 Å². The lowest BCUT2D eigenvalue weighted by atomic mass is 9.97. The SMILES string of the molecule is CC.[B]c1ccc2nc(NC3CC3)sc2c1.[HH]. The Labute approximate surface area is 103 Å². The van der Waals surface area contributed by atoms with Crippen LogP contribution in [0.2, 0.25) is 0 Å². The lowest BCUT2D eigenvalue weighted by Crippen LogP contribution is -1.99. The summed E-state index contributed by atoms with van der Waals surface area (Å²) in [7, 11) is 5.71. The van der Waals surface area contributed by atoms with Crippen LogP contribution in [0.3, 0.4) is 0 Å². The van der Waals surface area contributed by atoms with Crippen LogP contribution in [0.5, 0.6) is 0 Å². The number of rotatable bonds is 2. The zero-order valence-corrected chi connectivity index (χ0v) is 10.5. The van der Waals surface area contributed by atoms with Crippen LogP contribution in [0.15, 0.2) is 18.2 Å². The molecule has 2 nitrogen and oxygen atoms in total. The monoisotopic (exact) mass is 232 g/mol. The molecule has 0 atom stereocenters. The molecule has 16 heavy (non-hydrogen) atoms. The molecular weight excluding hydrogens is 215 g/mol. The van der Waals surface area contributed by atoms with Crippen molar-refractivity contribution < 1.29 is 1.43 Å². The quantitative estimate of drug-likeness (QED) is 0.805. The van der Waals surface area contributed by atoms with Gasteiger partial charge in [0.15, 0.2) is 5.13 Å². The number of hydrogen-bond acceptors (Lipinski definition) is 3. The van der Waals surface area contributed by atoms with E-state index in [1.54, 1.807) is 11.3 Å².